The maximum Gasteiger partial charge on any atom is 0.197 e. The predicted molar refractivity (Wildman–Crippen MR) is 88.7 cm³/mol. The van der Waals surface area contributed by atoms with E-state index in [-0.39, 0.29) is 6.04 Å². The molecule has 1 N–H and O–H groups in total. The first kappa shape index (κ1) is 13.6. The van der Waals surface area contributed by atoms with Crippen LogP contribution < -0.4 is 5.32 Å². The van der Waals surface area contributed by atoms with Crippen LogP contribution >= 0.6 is 22.6 Å². The van der Waals surface area contributed by atoms with Crippen LogP contribution in [0.15, 0.2) is 52.9 Å². The van der Waals surface area contributed by atoms with Crippen LogP contribution in [-0.4, -0.2) is 12.0 Å². The molecule has 0 amide bonds. The fourth-order valence-corrected chi connectivity index (χ4v) is 2.86. The molecule has 1 aromatic heterocycles. The van der Waals surface area contributed by atoms with E-state index in [4.69, 9.17) is 4.42 Å². The van der Waals surface area contributed by atoms with Gasteiger partial charge in [0.25, 0.3) is 0 Å². The Balaban J connectivity index is 1.87. The van der Waals surface area contributed by atoms with Gasteiger partial charge in [0, 0.05) is 16.0 Å². The highest BCUT2D eigenvalue weighted by atomic mass is 127. The molecular formula is C16H15IN2O. The van der Waals surface area contributed by atoms with Gasteiger partial charge in [0.1, 0.15) is 5.52 Å². The fraction of sp³-hybridized carbons (Fsp3) is 0.188. The number of nitrogens with zero attached hydrogens (tertiary/aromatic N) is 1. The minimum absolute atomic E-state index is 0.206. The van der Waals surface area contributed by atoms with Crippen molar-refractivity contribution < 1.29 is 4.42 Å². The number of likely N-dealkylation sites (N-methyl/N-ethyl adjacent to an activating group) is 1. The molecule has 20 heavy (non-hydrogen) atoms. The Morgan fingerprint density at radius 1 is 1.20 bits per heavy atom. The van der Waals surface area contributed by atoms with Gasteiger partial charge in [-0.25, -0.2) is 4.98 Å². The monoisotopic (exact) mass is 378 g/mol. The number of nitrogens with one attached hydrogen (secondary N) is 1. The molecule has 0 fully saturated rings. The minimum atomic E-state index is 0.206. The van der Waals surface area contributed by atoms with Gasteiger partial charge in [-0.1, -0.05) is 24.3 Å². The molecule has 102 valence electrons. The van der Waals surface area contributed by atoms with Crippen molar-refractivity contribution in [2.24, 2.45) is 0 Å². The van der Waals surface area contributed by atoms with Crippen LogP contribution in [0.2, 0.25) is 0 Å². The Bertz CT molecular complexity index is 690. The summed E-state index contributed by atoms with van der Waals surface area (Å²) in [6.45, 7) is 0. The maximum absolute atomic E-state index is 5.80. The van der Waals surface area contributed by atoms with Crippen molar-refractivity contribution in [3.63, 3.8) is 0 Å². The summed E-state index contributed by atoms with van der Waals surface area (Å²) in [5.74, 6) is 0.768. The highest BCUT2D eigenvalue weighted by Crippen LogP contribution is 2.22. The standard InChI is InChI=1S/C16H15IN2O/c1-18-14(11-5-4-6-12(17)9-11)10-16-19-13-7-2-3-8-15(13)20-16/h2-9,14,18H,10H2,1H3. The lowest BCUT2D eigenvalue weighted by atomic mass is 10.0. The Morgan fingerprint density at radius 2 is 2.05 bits per heavy atom. The van der Waals surface area contributed by atoms with E-state index in [0.717, 1.165) is 23.4 Å². The van der Waals surface area contributed by atoms with Gasteiger partial charge in [0.15, 0.2) is 11.5 Å². The molecule has 4 heteroatoms. The van der Waals surface area contributed by atoms with Crippen molar-refractivity contribution >= 4 is 33.7 Å². The summed E-state index contributed by atoms with van der Waals surface area (Å²) in [5.41, 5.74) is 3.02. The number of aromatic nitrogens is 1. The molecule has 0 spiro atoms. The lowest BCUT2D eigenvalue weighted by Crippen LogP contribution is -2.19. The van der Waals surface area contributed by atoms with Crippen molar-refractivity contribution in [2.45, 2.75) is 12.5 Å². The van der Waals surface area contributed by atoms with Gasteiger partial charge in [0.2, 0.25) is 0 Å². The molecule has 1 atom stereocenters. The number of para-hydroxylation sites is 2. The van der Waals surface area contributed by atoms with Crippen LogP contribution in [0.4, 0.5) is 0 Å². The summed E-state index contributed by atoms with van der Waals surface area (Å²) in [6, 6.07) is 16.6. The first-order valence-corrected chi connectivity index (χ1v) is 7.61. The molecule has 3 nitrogen and oxygen atoms in total. The SMILES string of the molecule is CNC(Cc1nc2ccccc2o1)c1cccc(I)c1. The van der Waals surface area contributed by atoms with Crippen LogP contribution in [0.5, 0.6) is 0 Å². The molecule has 0 aliphatic rings. The van der Waals surface area contributed by atoms with E-state index in [1.54, 1.807) is 0 Å². The summed E-state index contributed by atoms with van der Waals surface area (Å²) in [5, 5.41) is 3.34. The van der Waals surface area contributed by atoms with E-state index in [9.17, 15) is 0 Å². The summed E-state index contributed by atoms with van der Waals surface area (Å²) in [6.07, 6.45) is 0.741. The molecule has 2 aromatic carbocycles. The fourth-order valence-electron chi connectivity index (χ4n) is 2.29. The van der Waals surface area contributed by atoms with Gasteiger partial charge < -0.3 is 9.73 Å². The number of hydrogen-bond donors (Lipinski definition) is 1. The summed E-state index contributed by atoms with van der Waals surface area (Å²) < 4.78 is 7.03. The van der Waals surface area contributed by atoms with Crippen molar-refractivity contribution in [3.05, 3.63) is 63.6 Å². The first-order valence-electron chi connectivity index (χ1n) is 6.53. The molecule has 0 bridgehead atoms. The summed E-state index contributed by atoms with van der Waals surface area (Å²) in [4.78, 5) is 4.54. The van der Waals surface area contributed by atoms with Crippen molar-refractivity contribution in [1.82, 2.24) is 10.3 Å². The molecule has 3 rings (SSSR count). The van der Waals surface area contributed by atoms with Crippen LogP contribution in [0.3, 0.4) is 0 Å². The highest BCUT2D eigenvalue weighted by Gasteiger charge is 2.14. The molecule has 1 heterocycles. The minimum Gasteiger partial charge on any atom is -0.441 e. The highest BCUT2D eigenvalue weighted by molar-refractivity contribution is 14.1. The molecule has 0 saturated carbocycles. The van der Waals surface area contributed by atoms with Gasteiger partial charge >= 0.3 is 0 Å². The molecule has 1 unspecified atom stereocenters. The van der Waals surface area contributed by atoms with E-state index in [0.29, 0.717) is 0 Å². The van der Waals surface area contributed by atoms with Crippen LogP contribution in [0.25, 0.3) is 11.1 Å². The normalized spacial score (nSPS) is 12.7. The average Bonchev–Trinajstić information content (AvgIpc) is 2.87. The van der Waals surface area contributed by atoms with E-state index < -0.39 is 0 Å². The molecule has 0 aliphatic carbocycles. The number of fused-ring (bicyclic) bond motifs is 1. The van der Waals surface area contributed by atoms with E-state index in [1.807, 2.05) is 31.3 Å². The second kappa shape index (κ2) is 5.93. The zero-order valence-electron chi connectivity index (χ0n) is 11.1. The Morgan fingerprint density at radius 3 is 2.80 bits per heavy atom. The molecule has 0 saturated heterocycles. The number of oxazole rings is 1. The molecule has 0 aliphatic heterocycles. The van der Waals surface area contributed by atoms with Crippen molar-refractivity contribution in [2.75, 3.05) is 7.05 Å². The number of rotatable bonds is 4. The number of benzene rings is 2. The quantitative estimate of drug-likeness (QED) is 0.699. The topological polar surface area (TPSA) is 38.1 Å². The molecule has 0 radical (unpaired) electrons. The summed E-state index contributed by atoms with van der Waals surface area (Å²) >= 11 is 2.33. The van der Waals surface area contributed by atoms with Crippen LogP contribution in [0, 0.1) is 3.57 Å². The summed E-state index contributed by atoms with van der Waals surface area (Å²) in [7, 11) is 1.97. The van der Waals surface area contributed by atoms with Crippen LogP contribution in [0.1, 0.15) is 17.5 Å². The third-order valence-corrected chi connectivity index (χ3v) is 3.99. The van der Waals surface area contributed by atoms with Gasteiger partial charge in [-0.15, -0.1) is 0 Å². The zero-order valence-corrected chi connectivity index (χ0v) is 13.3. The third-order valence-electron chi connectivity index (χ3n) is 3.32. The Kier molecular flexibility index (Phi) is 4.03. The van der Waals surface area contributed by atoms with Gasteiger partial charge in [-0.2, -0.15) is 0 Å². The maximum atomic E-state index is 5.80. The molecular weight excluding hydrogens is 363 g/mol. The predicted octanol–water partition coefficient (Wildman–Crippen LogP) is 3.94. The largest absolute Gasteiger partial charge is 0.441 e. The van der Waals surface area contributed by atoms with Gasteiger partial charge in [-0.3, -0.25) is 0 Å². The van der Waals surface area contributed by atoms with E-state index >= 15 is 0 Å². The van der Waals surface area contributed by atoms with Crippen molar-refractivity contribution in [1.29, 1.82) is 0 Å². The third kappa shape index (κ3) is 2.86. The lowest BCUT2D eigenvalue weighted by Gasteiger charge is -2.14. The Labute approximate surface area is 131 Å². The number of halogens is 1. The average molecular weight is 378 g/mol. The van der Waals surface area contributed by atoms with E-state index in [1.165, 1.54) is 9.13 Å². The first-order chi connectivity index (χ1) is 9.76. The lowest BCUT2D eigenvalue weighted by molar-refractivity contribution is 0.473. The Hall–Kier alpha value is -1.40. The zero-order chi connectivity index (χ0) is 13.9. The molecule has 3 aromatic rings. The second-order valence-corrected chi connectivity index (χ2v) is 5.92. The van der Waals surface area contributed by atoms with Crippen molar-refractivity contribution in [3.8, 4) is 0 Å². The second-order valence-electron chi connectivity index (χ2n) is 4.68. The smallest absolute Gasteiger partial charge is 0.197 e. The van der Waals surface area contributed by atoms with E-state index in [2.05, 4.69) is 57.2 Å². The van der Waals surface area contributed by atoms with Crippen LogP contribution in [-0.2, 0) is 6.42 Å². The van der Waals surface area contributed by atoms with Gasteiger partial charge in [-0.05, 0) is 59.5 Å². The van der Waals surface area contributed by atoms with Gasteiger partial charge in [0.05, 0.1) is 0 Å². The number of hydrogen-bond acceptors (Lipinski definition) is 3.